The van der Waals surface area contributed by atoms with Gasteiger partial charge >= 0.3 is 43.7 Å². The molecule has 0 aliphatic rings. The molecule has 5 nitrogen and oxygen atoms in total. The van der Waals surface area contributed by atoms with E-state index in [1.807, 2.05) is 18.2 Å². The Hall–Kier alpha value is -1.95. The third kappa shape index (κ3) is 3.69. The molecule has 0 unspecified atom stereocenters. The summed E-state index contributed by atoms with van der Waals surface area (Å²) in [6.07, 6.45) is 0. The number of benzene rings is 3. The quantitative estimate of drug-likeness (QED) is 0.565. The molecule has 2 N–H and O–H groups in total. The number of phenols is 1. The number of hydrogen-bond acceptors (Lipinski definition) is 4. The first-order valence-corrected chi connectivity index (χ1v) is 6.61. The van der Waals surface area contributed by atoms with Crippen molar-refractivity contribution < 1.29 is 15.0 Å². The predicted octanol–water partition coefficient (Wildman–Crippen LogP) is 3.74. The number of carbonyl (C=O) groups is 1. The molecule has 0 heterocycles. The van der Waals surface area contributed by atoms with E-state index < -0.39 is 5.97 Å². The van der Waals surface area contributed by atoms with Gasteiger partial charge in [0.2, 0.25) is 0 Å². The normalized spacial score (nSPS) is 10.6. The Balaban J connectivity index is 0.00000192. The minimum atomic E-state index is -1.21. The van der Waals surface area contributed by atoms with Crippen LogP contribution in [0.4, 0.5) is 11.4 Å². The number of aromatic carboxylic acids is 1. The fraction of sp³-hybridized carbons (Fsp3) is 0. The molecule has 0 aliphatic heterocycles. The molecule has 3 aromatic rings. The van der Waals surface area contributed by atoms with Gasteiger partial charge in [0.25, 0.3) is 0 Å². The third-order valence-corrected chi connectivity index (χ3v) is 3.25. The number of carboxylic acid groups (broad SMARTS) is 1. The number of aromatic hydroxyl groups is 1. The SMILES string of the molecule is O=C(O)c1cc2ccccc2c(N=Nc2ccccc2)c1O.[CaH2]. The second-order valence-corrected chi connectivity index (χ2v) is 4.68. The molecule has 0 atom stereocenters. The molecule has 6 heteroatoms. The van der Waals surface area contributed by atoms with Gasteiger partial charge in [-0.25, -0.2) is 4.79 Å². The number of carboxylic acids is 1. The van der Waals surface area contributed by atoms with E-state index in [1.165, 1.54) is 6.07 Å². The predicted molar refractivity (Wildman–Crippen MR) is 91.7 cm³/mol. The third-order valence-electron chi connectivity index (χ3n) is 3.25. The zero-order chi connectivity index (χ0) is 15.5. The van der Waals surface area contributed by atoms with Gasteiger partial charge in [-0.15, -0.1) is 5.11 Å². The van der Waals surface area contributed by atoms with E-state index in [1.54, 1.807) is 36.4 Å². The van der Waals surface area contributed by atoms with Gasteiger partial charge in [-0.1, -0.05) is 42.5 Å². The van der Waals surface area contributed by atoms with E-state index in [2.05, 4.69) is 10.2 Å². The first-order valence-electron chi connectivity index (χ1n) is 6.61. The van der Waals surface area contributed by atoms with Gasteiger partial charge in [0, 0.05) is 5.39 Å². The van der Waals surface area contributed by atoms with Crippen LogP contribution in [0.2, 0.25) is 0 Å². The van der Waals surface area contributed by atoms with Gasteiger partial charge in [0.05, 0.1) is 5.69 Å². The average Bonchev–Trinajstić information content (AvgIpc) is 2.54. The van der Waals surface area contributed by atoms with Crippen molar-refractivity contribution in [2.24, 2.45) is 10.2 Å². The Morgan fingerprint density at radius 1 is 0.913 bits per heavy atom. The topological polar surface area (TPSA) is 82.2 Å². The van der Waals surface area contributed by atoms with E-state index in [0.29, 0.717) is 16.5 Å². The van der Waals surface area contributed by atoms with E-state index in [4.69, 9.17) is 0 Å². The van der Waals surface area contributed by atoms with Crippen LogP contribution in [0.3, 0.4) is 0 Å². The number of rotatable bonds is 3. The maximum atomic E-state index is 11.3. The van der Waals surface area contributed by atoms with Crippen molar-refractivity contribution in [2.45, 2.75) is 0 Å². The molecular formula is C17H14CaN2O3. The number of nitrogens with zero attached hydrogens (tertiary/aromatic N) is 2. The molecule has 0 saturated heterocycles. The summed E-state index contributed by atoms with van der Waals surface area (Å²) < 4.78 is 0. The summed E-state index contributed by atoms with van der Waals surface area (Å²) in [7, 11) is 0. The van der Waals surface area contributed by atoms with Crippen molar-refractivity contribution in [2.75, 3.05) is 0 Å². The van der Waals surface area contributed by atoms with Crippen molar-refractivity contribution in [3.8, 4) is 5.75 Å². The molecule has 0 aromatic heterocycles. The molecule has 3 aromatic carbocycles. The molecule has 0 spiro atoms. The monoisotopic (exact) mass is 334 g/mol. The average molecular weight is 334 g/mol. The molecule has 23 heavy (non-hydrogen) atoms. The number of fused-ring (bicyclic) bond motifs is 1. The Labute approximate surface area is 162 Å². The molecule has 0 fully saturated rings. The summed E-state index contributed by atoms with van der Waals surface area (Å²) in [6, 6.07) is 17.6. The Morgan fingerprint density at radius 2 is 1.57 bits per heavy atom. The van der Waals surface area contributed by atoms with Crippen molar-refractivity contribution >= 4 is 65.9 Å². The van der Waals surface area contributed by atoms with Gasteiger partial charge in [0.1, 0.15) is 11.3 Å². The molecule has 112 valence electrons. The molecule has 0 amide bonds. The second kappa shape index (κ2) is 7.55. The maximum absolute atomic E-state index is 11.3. The number of azo groups is 1. The van der Waals surface area contributed by atoms with Gasteiger partial charge in [-0.05, 0) is 23.6 Å². The fourth-order valence-electron chi connectivity index (χ4n) is 2.18. The first-order chi connectivity index (χ1) is 10.7. The summed E-state index contributed by atoms with van der Waals surface area (Å²) in [5, 5.41) is 28.8. The van der Waals surface area contributed by atoms with Crippen LogP contribution in [0.5, 0.6) is 5.75 Å². The van der Waals surface area contributed by atoms with E-state index in [9.17, 15) is 15.0 Å². The second-order valence-electron chi connectivity index (χ2n) is 4.68. The van der Waals surface area contributed by atoms with Gasteiger partial charge in [0.15, 0.2) is 5.75 Å². The Morgan fingerprint density at radius 3 is 2.26 bits per heavy atom. The van der Waals surface area contributed by atoms with Crippen molar-refractivity contribution in [1.29, 1.82) is 0 Å². The van der Waals surface area contributed by atoms with E-state index in [-0.39, 0.29) is 54.7 Å². The van der Waals surface area contributed by atoms with Crippen molar-refractivity contribution in [3.05, 3.63) is 66.2 Å². The van der Waals surface area contributed by atoms with E-state index >= 15 is 0 Å². The summed E-state index contributed by atoms with van der Waals surface area (Å²) in [6.45, 7) is 0. The first kappa shape index (κ1) is 17.4. The van der Waals surface area contributed by atoms with Crippen LogP contribution in [0.1, 0.15) is 10.4 Å². The van der Waals surface area contributed by atoms with Crippen molar-refractivity contribution in [1.82, 2.24) is 0 Å². The molecule has 0 radical (unpaired) electrons. The fourth-order valence-corrected chi connectivity index (χ4v) is 2.18. The van der Waals surface area contributed by atoms with Crippen molar-refractivity contribution in [3.63, 3.8) is 0 Å². The minimum absolute atomic E-state index is 0. The Bertz CT molecular complexity index is 880. The number of hydrogen-bond donors (Lipinski definition) is 2. The van der Waals surface area contributed by atoms with Crippen LogP contribution >= 0.6 is 0 Å². The van der Waals surface area contributed by atoms with Crippen LogP contribution in [0.15, 0.2) is 70.9 Å². The van der Waals surface area contributed by atoms with Crippen LogP contribution in [-0.4, -0.2) is 53.9 Å². The standard InChI is InChI=1S/C17H12N2O3.Ca.2H/c20-16-14(17(21)22)10-11-6-4-5-9-13(11)15(16)19-18-12-7-2-1-3-8-12;;;/h1-10,20H,(H,21,22);;;. The van der Waals surface area contributed by atoms with Crippen LogP contribution in [0, 0.1) is 0 Å². The molecule has 0 saturated carbocycles. The zero-order valence-corrected chi connectivity index (χ0v) is 11.5. The summed E-state index contributed by atoms with van der Waals surface area (Å²) in [5.41, 5.74) is 0.576. The van der Waals surface area contributed by atoms with Crippen LogP contribution in [0.25, 0.3) is 10.8 Å². The molecule has 3 rings (SSSR count). The summed E-state index contributed by atoms with van der Waals surface area (Å²) in [4.78, 5) is 11.3. The Kier molecular flexibility index (Phi) is 5.71. The summed E-state index contributed by atoms with van der Waals surface area (Å²) >= 11 is 0. The van der Waals surface area contributed by atoms with Crippen LogP contribution < -0.4 is 0 Å². The van der Waals surface area contributed by atoms with Gasteiger partial charge in [-0.2, -0.15) is 5.11 Å². The van der Waals surface area contributed by atoms with Gasteiger partial charge in [-0.3, -0.25) is 0 Å². The molecule has 0 bridgehead atoms. The summed E-state index contributed by atoms with van der Waals surface area (Å²) in [5.74, 6) is -1.59. The molecule has 0 aliphatic carbocycles. The van der Waals surface area contributed by atoms with E-state index in [0.717, 1.165) is 0 Å². The van der Waals surface area contributed by atoms with Gasteiger partial charge < -0.3 is 10.2 Å². The zero-order valence-electron chi connectivity index (χ0n) is 11.5. The van der Waals surface area contributed by atoms with Crippen LogP contribution in [-0.2, 0) is 0 Å². The molecular weight excluding hydrogens is 320 g/mol.